The summed E-state index contributed by atoms with van der Waals surface area (Å²) in [5, 5.41) is 7.95. The highest BCUT2D eigenvalue weighted by Crippen LogP contribution is 2.48. The van der Waals surface area contributed by atoms with E-state index in [1.807, 2.05) is 16.5 Å². The van der Waals surface area contributed by atoms with Crippen molar-refractivity contribution in [3.63, 3.8) is 0 Å². The summed E-state index contributed by atoms with van der Waals surface area (Å²) >= 11 is 0. The van der Waals surface area contributed by atoms with Gasteiger partial charge in [-0.2, -0.15) is 0 Å². The van der Waals surface area contributed by atoms with Gasteiger partial charge in [-0.3, -0.25) is 4.79 Å². The molecule has 2 fully saturated rings. The molecule has 24 heavy (non-hydrogen) atoms. The van der Waals surface area contributed by atoms with E-state index in [9.17, 15) is 9.18 Å². The Bertz CT molecular complexity index is 745. The molecule has 7 heteroatoms. The van der Waals surface area contributed by atoms with Crippen LogP contribution in [0.4, 0.5) is 4.39 Å². The van der Waals surface area contributed by atoms with Gasteiger partial charge in [0, 0.05) is 19.5 Å². The number of benzene rings is 1. The van der Waals surface area contributed by atoms with Gasteiger partial charge in [0.15, 0.2) is 5.82 Å². The summed E-state index contributed by atoms with van der Waals surface area (Å²) in [6, 6.07) is 6.45. The lowest BCUT2D eigenvalue weighted by Crippen LogP contribution is -2.43. The first kappa shape index (κ1) is 15.3. The van der Waals surface area contributed by atoms with Crippen molar-refractivity contribution in [1.29, 1.82) is 0 Å². The maximum atomic E-state index is 13.0. The lowest BCUT2D eigenvalue weighted by Gasteiger charge is -2.32. The van der Waals surface area contributed by atoms with E-state index < -0.39 is 0 Å². The third-order valence-electron chi connectivity index (χ3n) is 4.82. The summed E-state index contributed by atoms with van der Waals surface area (Å²) in [5.74, 6) is 0.836. The first-order valence-corrected chi connectivity index (χ1v) is 8.13. The number of hydrogen-bond acceptors (Lipinski definition) is 4. The first-order valence-electron chi connectivity index (χ1n) is 8.13. The number of halogens is 1. The van der Waals surface area contributed by atoms with Crippen molar-refractivity contribution < 1.29 is 13.9 Å². The van der Waals surface area contributed by atoms with E-state index in [-0.39, 0.29) is 29.7 Å². The maximum Gasteiger partial charge on any atom is 0.226 e. The molecule has 1 saturated carbocycles. The van der Waals surface area contributed by atoms with Gasteiger partial charge in [-0.15, -0.1) is 10.2 Å². The van der Waals surface area contributed by atoms with Gasteiger partial charge in [0.2, 0.25) is 5.91 Å². The number of ether oxygens (including phenoxy) is 1. The van der Waals surface area contributed by atoms with Crippen LogP contribution in [-0.2, 0) is 16.6 Å². The second kappa shape index (κ2) is 5.98. The number of nitrogens with zero attached hydrogens (tertiary/aromatic N) is 4. The van der Waals surface area contributed by atoms with Gasteiger partial charge < -0.3 is 14.2 Å². The number of carbonyl (C=O) groups excluding carboxylic acids is 1. The van der Waals surface area contributed by atoms with E-state index in [1.54, 1.807) is 18.5 Å². The minimum atomic E-state index is -0.248. The summed E-state index contributed by atoms with van der Waals surface area (Å²) in [6.45, 7) is 1.59. The van der Waals surface area contributed by atoms with Crippen molar-refractivity contribution in [1.82, 2.24) is 19.7 Å². The highest BCUT2D eigenvalue weighted by molar-refractivity contribution is 5.83. The number of aryl methyl sites for hydroxylation is 1. The zero-order valence-electron chi connectivity index (χ0n) is 13.4. The normalized spacial score (nSPS) is 26.4. The van der Waals surface area contributed by atoms with Gasteiger partial charge in [-0.05, 0) is 30.0 Å². The van der Waals surface area contributed by atoms with Crippen molar-refractivity contribution in [3.8, 4) is 0 Å². The topological polar surface area (TPSA) is 60.2 Å². The quantitative estimate of drug-likeness (QED) is 0.859. The van der Waals surface area contributed by atoms with Crippen LogP contribution in [0.3, 0.4) is 0 Å². The van der Waals surface area contributed by atoms with Crippen molar-refractivity contribution >= 4 is 5.91 Å². The molecule has 0 radical (unpaired) electrons. The van der Waals surface area contributed by atoms with Crippen LogP contribution >= 0.6 is 0 Å². The zero-order valence-corrected chi connectivity index (χ0v) is 13.4. The Labute approximate surface area is 139 Å². The van der Waals surface area contributed by atoms with Crippen LogP contribution in [0.1, 0.15) is 29.8 Å². The average molecular weight is 330 g/mol. The van der Waals surface area contributed by atoms with Gasteiger partial charge in [-0.25, -0.2) is 4.39 Å². The number of amides is 1. The molecule has 1 aromatic carbocycles. The molecule has 2 heterocycles. The maximum absolute atomic E-state index is 13.0. The molecule has 1 saturated heterocycles. The summed E-state index contributed by atoms with van der Waals surface area (Å²) in [5.41, 5.74) is 1.04. The number of morpholine rings is 1. The van der Waals surface area contributed by atoms with Gasteiger partial charge >= 0.3 is 0 Å². The lowest BCUT2D eigenvalue weighted by molar-refractivity contribution is -0.140. The fraction of sp³-hybridized carbons (Fsp3) is 0.471. The Morgan fingerprint density at radius 2 is 2.12 bits per heavy atom. The smallest absolute Gasteiger partial charge is 0.226 e. The predicted octanol–water partition coefficient (Wildman–Crippen LogP) is 1.66. The molecule has 126 valence electrons. The van der Waals surface area contributed by atoms with E-state index in [1.165, 1.54) is 12.1 Å². The molecule has 1 aromatic heterocycles. The van der Waals surface area contributed by atoms with E-state index in [4.69, 9.17) is 4.74 Å². The summed E-state index contributed by atoms with van der Waals surface area (Å²) in [4.78, 5) is 14.6. The number of aromatic nitrogens is 3. The van der Waals surface area contributed by atoms with Crippen LogP contribution in [0, 0.1) is 11.7 Å². The van der Waals surface area contributed by atoms with Gasteiger partial charge in [0.1, 0.15) is 18.2 Å². The van der Waals surface area contributed by atoms with Crippen molar-refractivity contribution in [2.75, 3.05) is 19.7 Å². The standard InChI is InChI=1S/C17H19FN4O2/c1-21-10-19-20-16(21)15-9-22(6-7-24-15)17(23)14-8-13(14)11-2-4-12(18)5-3-11/h2-5,10,13-15H,6-9H2,1H3/t13-,14+,15-/m0/s1. The fourth-order valence-corrected chi connectivity index (χ4v) is 3.37. The molecule has 0 unspecified atom stereocenters. The van der Waals surface area contributed by atoms with Crippen LogP contribution in [0.2, 0.25) is 0 Å². The molecule has 2 aromatic rings. The van der Waals surface area contributed by atoms with Gasteiger partial charge in [0.25, 0.3) is 0 Å². The van der Waals surface area contributed by atoms with Crippen LogP contribution < -0.4 is 0 Å². The largest absolute Gasteiger partial charge is 0.366 e. The summed E-state index contributed by atoms with van der Waals surface area (Å²) in [7, 11) is 1.87. The minimum absolute atomic E-state index is 0.00583. The number of rotatable bonds is 3. The Kier molecular flexibility index (Phi) is 3.80. The summed E-state index contributed by atoms with van der Waals surface area (Å²) in [6.07, 6.45) is 2.22. The van der Waals surface area contributed by atoms with Crippen LogP contribution in [0.25, 0.3) is 0 Å². The molecule has 4 rings (SSSR count). The Morgan fingerprint density at radius 3 is 2.83 bits per heavy atom. The molecule has 0 N–H and O–H groups in total. The van der Waals surface area contributed by atoms with Crippen molar-refractivity contribution in [2.24, 2.45) is 13.0 Å². The SMILES string of the molecule is Cn1cnnc1[C@@H]1CN(C(=O)[C@@H]2C[C@H]2c2ccc(F)cc2)CCO1. The average Bonchev–Trinajstić information content (AvgIpc) is 3.28. The molecular weight excluding hydrogens is 311 g/mol. The molecule has 1 aliphatic heterocycles. The Balaban J connectivity index is 1.42. The molecule has 2 aliphatic rings. The number of carbonyl (C=O) groups is 1. The number of hydrogen-bond donors (Lipinski definition) is 0. The second-order valence-corrected chi connectivity index (χ2v) is 6.44. The van der Waals surface area contributed by atoms with E-state index in [0.717, 1.165) is 17.8 Å². The monoisotopic (exact) mass is 330 g/mol. The Morgan fingerprint density at radius 1 is 1.33 bits per heavy atom. The molecule has 0 bridgehead atoms. The highest BCUT2D eigenvalue weighted by atomic mass is 19.1. The van der Waals surface area contributed by atoms with Crippen LogP contribution in [0.5, 0.6) is 0 Å². The molecule has 6 nitrogen and oxygen atoms in total. The molecule has 3 atom stereocenters. The zero-order chi connectivity index (χ0) is 16.7. The lowest BCUT2D eigenvalue weighted by atomic mass is 10.1. The van der Waals surface area contributed by atoms with Crippen LogP contribution in [0.15, 0.2) is 30.6 Å². The molecule has 1 amide bonds. The van der Waals surface area contributed by atoms with Crippen LogP contribution in [-0.4, -0.2) is 45.3 Å². The van der Waals surface area contributed by atoms with Gasteiger partial charge in [-0.1, -0.05) is 12.1 Å². The van der Waals surface area contributed by atoms with E-state index in [0.29, 0.717) is 19.7 Å². The Hall–Kier alpha value is -2.28. The molecule has 0 spiro atoms. The van der Waals surface area contributed by atoms with E-state index >= 15 is 0 Å². The third-order valence-corrected chi connectivity index (χ3v) is 4.82. The molecule has 1 aliphatic carbocycles. The third kappa shape index (κ3) is 2.80. The predicted molar refractivity (Wildman–Crippen MR) is 83.5 cm³/mol. The first-order chi connectivity index (χ1) is 11.6. The van der Waals surface area contributed by atoms with Crippen molar-refractivity contribution in [2.45, 2.75) is 18.4 Å². The fourth-order valence-electron chi connectivity index (χ4n) is 3.37. The second-order valence-electron chi connectivity index (χ2n) is 6.44. The minimum Gasteiger partial charge on any atom is -0.366 e. The van der Waals surface area contributed by atoms with E-state index in [2.05, 4.69) is 10.2 Å². The molecular formula is C17H19FN4O2. The van der Waals surface area contributed by atoms with Crippen molar-refractivity contribution in [3.05, 3.63) is 47.8 Å². The van der Waals surface area contributed by atoms with Gasteiger partial charge in [0.05, 0.1) is 13.2 Å². The summed E-state index contributed by atoms with van der Waals surface area (Å²) < 4.78 is 20.6. The highest BCUT2D eigenvalue weighted by Gasteiger charge is 2.46.